The molecule has 2 aromatic rings. The molecule has 2 rings (SSSR count). The van der Waals surface area contributed by atoms with Gasteiger partial charge in [-0.2, -0.15) is 0 Å². The van der Waals surface area contributed by atoms with Gasteiger partial charge in [0.2, 0.25) is 0 Å². The second-order valence-electron chi connectivity index (χ2n) is 4.90. The molecule has 1 N–H and O–H groups in total. The van der Waals surface area contributed by atoms with Crippen LogP contribution in [0.3, 0.4) is 0 Å². The number of aromatic nitrogens is 2. The largest absolute Gasteiger partial charge is 0.495 e. The molecule has 7 heteroatoms. The van der Waals surface area contributed by atoms with Crippen molar-refractivity contribution in [3.05, 3.63) is 34.2 Å². The van der Waals surface area contributed by atoms with Gasteiger partial charge in [-0.1, -0.05) is 37.0 Å². The van der Waals surface area contributed by atoms with Gasteiger partial charge in [0, 0.05) is 24.1 Å². The van der Waals surface area contributed by atoms with Gasteiger partial charge in [0.05, 0.1) is 24.9 Å². The van der Waals surface area contributed by atoms with Crippen LogP contribution in [0.2, 0.25) is 10.2 Å². The van der Waals surface area contributed by atoms with Crippen LogP contribution in [0.15, 0.2) is 18.2 Å². The monoisotopic (exact) mass is 341 g/mol. The van der Waals surface area contributed by atoms with Crippen LogP contribution in [0.4, 0.5) is 11.5 Å². The molecule has 0 aliphatic carbocycles. The van der Waals surface area contributed by atoms with Gasteiger partial charge in [0.15, 0.2) is 0 Å². The first-order valence-electron chi connectivity index (χ1n) is 6.67. The number of halogens is 2. The molecule has 0 amide bonds. The number of hydrogen-bond acceptors (Lipinski definition) is 5. The molecule has 0 aliphatic heterocycles. The first-order chi connectivity index (χ1) is 10.4. The second kappa shape index (κ2) is 7.03. The van der Waals surface area contributed by atoms with Crippen molar-refractivity contribution < 1.29 is 9.47 Å². The van der Waals surface area contributed by atoms with E-state index >= 15 is 0 Å². The van der Waals surface area contributed by atoms with Crippen LogP contribution >= 0.6 is 23.2 Å². The van der Waals surface area contributed by atoms with Gasteiger partial charge in [-0.05, 0) is 0 Å². The highest BCUT2D eigenvalue weighted by atomic mass is 35.5. The zero-order chi connectivity index (χ0) is 16.3. The van der Waals surface area contributed by atoms with Crippen molar-refractivity contribution >= 4 is 34.7 Å². The maximum atomic E-state index is 6.10. The van der Waals surface area contributed by atoms with Gasteiger partial charge in [-0.3, -0.25) is 0 Å². The Labute approximate surface area is 139 Å². The van der Waals surface area contributed by atoms with Crippen molar-refractivity contribution in [1.82, 2.24) is 9.97 Å². The number of ether oxygens (including phenoxy) is 2. The van der Waals surface area contributed by atoms with Crippen molar-refractivity contribution in [2.45, 2.75) is 19.8 Å². The lowest BCUT2D eigenvalue weighted by Gasteiger charge is -2.14. The minimum absolute atomic E-state index is 0.167. The molecule has 0 atom stereocenters. The van der Waals surface area contributed by atoms with Crippen LogP contribution in [-0.2, 0) is 0 Å². The van der Waals surface area contributed by atoms with Crippen LogP contribution < -0.4 is 14.8 Å². The Morgan fingerprint density at radius 2 is 1.68 bits per heavy atom. The highest BCUT2D eigenvalue weighted by molar-refractivity contribution is 6.32. The number of rotatable bonds is 5. The van der Waals surface area contributed by atoms with E-state index in [1.165, 1.54) is 0 Å². The van der Waals surface area contributed by atoms with E-state index in [0.717, 1.165) is 0 Å². The number of nitrogens with zero attached hydrogens (tertiary/aromatic N) is 2. The summed E-state index contributed by atoms with van der Waals surface area (Å²) < 4.78 is 10.5. The summed E-state index contributed by atoms with van der Waals surface area (Å²) in [6, 6.07) is 5.06. The number of nitrogens with one attached hydrogen (secondary N) is 1. The Balaban J connectivity index is 2.42. The van der Waals surface area contributed by atoms with Gasteiger partial charge < -0.3 is 14.8 Å². The normalized spacial score (nSPS) is 10.7. The summed E-state index contributed by atoms with van der Waals surface area (Å²) in [6.07, 6.45) is 0. The van der Waals surface area contributed by atoms with Gasteiger partial charge in [0.1, 0.15) is 28.3 Å². The maximum absolute atomic E-state index is 6.10. The van der Waals surface area contributed by atoms with E-state index in [-0.39, 0.29) is 5.92 Å². The van der Waals surface area contributed by atoms with Crippen molar-refractivity contribution in [3.8, 4) is 11.5 Å². The van der Waals surface area contributed by atoms with Crippen LogP contribution in [-0.4, -0.2) is 24.2 Å². The van der Waals surface area contributed by atoms with Crippen LogP contribution in [0.25, 0.3) is 0 Å². The average Bonchev–Trinajstić information content (AvgIpc) is 2.47. The maximum Gasteiger partial charge on any atom is 0.144 e. The van der Waals surface area contributed by atoms with Crippen molar-refractivity contribution in [1.29, 1.82) is 0 Å². The van der Waals surface area contributed by atoms with E-state index in [1.54, 1.807) is 32.4 Å². The quantitative estimate of drug-likeness (QED) is 0.801. The zero-order valence-corrected chi connectivity index (χ0v) is 14.3. The van der Waals surface area contributed by atoms with Crippen molar-refractivity contribution in [2.75, 3.05) is 19.5 Å². The molecule has 5 nitrogen and oxygen atoms in total. The highest BCUT2D eigenvalue weighted by Crippen LogP contribution is 2.37. The Kier molecular flexibility index (Phi) is 5.32. The summed E-state index contributed by atoms with van der Waals surface area (Å²) in [6.45, 7) is 4.00. The Bertz CT molecular complexity index is 678. The van der Waals surface area contributed by atoms with Crippen LogP contribution in [0.5, 0.6) is 11.5 Å². The molecule has 0 aliphatic rings. The third kappa shape index (κ3) is 3.72. The lowest BCUT2D eigenvalue weighted by atomic mass is 10.2. The summed E-state index contributed by atoms with van der Waals surface area (Å²) in [4.78, 5) is 8.65. The van der Waals surface area contributed by atoms with E-state index in [1.807, 2.05) is 13.8 Å². The molecule has 0 bridgehead atoms. The molecule has 118 valence electrons. The molecule has 0 saturated heterocycles. The minimum atomic E-state index is 0.167. The van der Waals surface area contributed by atoms with E-state index in [4.69, 9.17) is 32.7 Å². The third-order valence-electron chi connectivity index (χ3n) is 2.97. The molecular weight excluding hydrogens is 325 g/mol. The first-order valence-corrected chi connectivity index (χ1v) is 7.43. The van der Waals surface area contributed by atoms with Crippen LogP contribution in [0, 0.1) is 0 Å². The fraction of sp³-hybridized carbons (Fsp3) is 0.333. The topological polar surface area (TPSA) is 56.3 Å². The van der Waals surface area contributed by atoms with Gasteiger partial charge in [0.25, 0.3) is 0 Å². The van der Waals surface area contributed by atoms with Gasteiger partial charge in [-0.15, -0.1) is 0 Å². The van der Waals surface area contributed by atoms with E-state index in [2.05, 4.69) is 15.3 Å². The molecular formula is C15H17Cl2N3O2. The van der Waals surface area contributed by atoms with Gasteiger partial charge >= 0.3 is 0 Å². The summed E-state index contributed by atoms with van der Waals surface area (Å²) in [5.74, 6) is 2.52. The zero-order valence-electron chi connectivity index (χ0n) is 12.8. The second-order valence-corrected chi connectivity index (χ2v) is 5.70. The molecule has 1 aromatic carbocycles. The van der Waals surface area contributed by atoms with E-state index in [9.17, 15) is 0 Å². The molecule has 0 saturated carbocycles. The summed E-state index contributed by atoms with van der Waals surface area (Å²) >= 11 is 12.1. The Morgan fingerprint density at radius 1 is 1.00 bits per heavy atom. The molecule has 22 heavy (non-hydrogen) atoms. The summed E-state index contributed by atoms with van der Waals surface area (Å²) in [5, 5.41) is 4.00. The van der Waals surface area contributed by atoms with E-state index in [0.29, 0.717) is 39.0 Å². The number of hydrogen-bond donors (Lipinski definition) is 1. The van der Waals surface area contributed by atoms with Crippen molar-refractivity contribution in [3.63, 3.8) is 0 Å². The van der Waals surface area contributed by atoms with Crippen molar-refractivity contribution in [2.24, 2.45) is 0 Å². The number of anilines is 2. The third-order valence-corrected chi connectivity index (χ3v) is 3.45. The van der Waals surface area contributed by atoms with Crippen LogP contribution in [0.1, 0.15) is 25.6 Å². The smallest absolute Gasteiger partial charge is 0.144 e. The molecule has 0 radical (unpaired) electrons. The predicted molar refractivity (Wildman–Crippen MR) is 89.0 cm³/mol. The highest BCUT2D eigenvalue weighted by Gasteiger charge is 2.12. The predicted octanol–water partition coefficient (Wildman–Crippen LogP) is 4.67. The summed E-state index contributed by atoms with van der Waals surface area (Å²) in [5.41, 5.74) is 0.674. The average molecular weight is 342 g/mol. The summed E-state index contributed by atoms with van der Waals surface area (Å²) in [7, 11) is 3.12. The number of benzene rings is 1. The number of methoxy groups -OCH3 is 2. The molecule has 0 spiro atoms. The molecule has 0 fully saturated rings. The van der Waals surface area contributed by atoms with E-state index < -0.39 is 0 Å². The molecule has 0 unspecified atom stereocenters. The fourth-order valence-electron chi connectivity index (χ4n) is 1.85. The fourth-order valence-corrected chi connectivity index (χ4v) is 2.27. The minimum Gasteiger partial charge on any atom is -0.495 e. The SMILES string of the molecule is COc1cc(Nc2cc(Cl)nc(C(C)C)n2)c(OC)cc1Cl. The van der Waals surface area contributed by atoms with Gasteiger partial charge in [-0.25, -0.2) is 9.97 Å². The lowest BCUT2D eigenvalue weighted by Crippen LogP contribution is -2.03. The first kappa shape index (κ1) is 16.6. The standard InChI is InChI=1S/C15H17Cl2N3O2/c1-8(2)15-19-13(17)7-14(20-15)18-10-6-11(21-3)9(16)5-12(10)22-4/h5-8H,1-4H3,(H,18,19,20). The lowest BCUT2D eigenvalue weighted by molar-refractivity contribution is 0.405. The Hall–Kier alpha value is -1.72. The molecule has 1 heterocycles. The molecule has 1 aromatic heterocycles. The Morgan fingerprint density at radius 3 is 2.27 bits per heavy atom.